The lowest BCUT2D eigenvalue weighted by molar-refractivity contribution is 0.0623. The summed E-state index contributed by atoms with van der Waals surface area (Å²) in [6, 6.07) is 26.7. The predicted octanol–water partition coefficient (Wildman–Crippen LogP) is 4.65. The van der Waals surface area contributed by atoms with Crippen molar-refractivity contribution in [1.29, 1.82) is 0 Å². The van der Waals surface area contributed by atoms with Gasteiger partial charge in [-0.25, -0.2) is 4.98 Å². The lowest BCUT2D eigenvalue weighted by atomic mass is 10.2. The van der Waals surface area contributed by atoms with Crippen LogP contribution in [0, 0.1) is 3.57 Å². The van der Waals surface area contributed by atoms with Crippen molar-refractivity contribution in [2.75, 3.05) is 26.2 Å². The molecule has 0 N–H and O–H groups in total. The topological polar surface area (TPSA) is 41.4 Å². The molecular weight excluding hydrogens is 511 g/mol. The molecule has 0 radical (unpaired) electrons. The Balaban J connectivity index is 1.31. The second kappa shape index (κ2) is 9.42. The molecule has 0 saturated carbocycles. The average molecular weight is 536 g/mol. The number of halogens is 1. The Kier molecular flexibility index (Phi) is 6.23. The van der Waals surface area contributed by atoms with Gasteiger partial charge >= 0.3 is 0 Å². The van der Waals surface area contributed by atoms with E-state index < -0.39 is 0 Å². The molecule has 5 rings (SSSR count). The van der Waals surface area contributed by atoms with E-state index in [0.29, 0.717) is 0 Å². The first kappa shape index (κ1) is 21.2. The van der Waals surface area contributed by atoms with Crippen LogP contribution in [-0.4, -0.2) is 51.4 Å². The van der Waals surface area contributed by atoms with Gasteiger partial charge in [-0.05, 0) is 52.4 Å². The van der Waals surface area contributed by atoms with Crippen molar-refractivity contribution in [2.24, 2.45) is 0 Å². The smallest absolute Gasteiger partial charge is 0.255 e. The van der Waals surface area contributed by atoms with E-state index in [-0.39, 0.29) is 5.91 Å². The van der Waals surface area contributed by atoms with Crippen LogP contribution in [0.4, 0.5) is 0 Å². The van der Waals surface area contributed by atoms with Gasteiger partial charge in [0.2, 0.25) is 0 Å². The van der Waals surface area contributed by atoms with Crippen LogP contribution in [-0.2, 0) is 13.1 Å². The van der Waals surface area contributed by atoms with E-state index in [1.54, 1.807) is 0 Å². The number of amides is 1. The molecule has 32 heavy (non-hydrogen) atoms. The SMILES string of the molecule is O=C(c1ccccc1I)N1CCN(Cc2nc3ccccc3n2Cc2ccccc2)CC1. The second-order valence-corrected chi connectivity index (χ2v) is 9.30. The van der Waals surface area contributed by atoms with Gasteiger partial charge in [-0.15, -0.1) is 0 Å². The van der Waals surface area contributed by atoms with E-state index in [1.807, 2.05) is 41.3 Å². The Morgan fingerprint density at radius 2 is 1.50 bits per heavy atom. The largest absolute Gasteiger partial charge is 0.336 e. The van der Waals surface area contributed by atoms with Crippen LogP contribution < -0.4 is 0 Å². The Hall–Kier alpha value is -2.71. The van der Waals surface area contributed by atoms with Crippen molar-refractivity contribution >= 4 is 39.5 Å². The summed E-state index contributed by atoms with van der Waals surface area (Å²) in [7, 11) is 0. The molecule has 4 aromatic rings. The van der Waals surface area contributed by atoms with Crippen LogP contribution in [0.15, 0.2) is 78.9 Å². The van der Waals surface area contributed by atoms with E-state index >= 15 is 0 Å². The minimum absolute atomic E-state index is 0.131. The van der Waals surface area contributed by atoms with E-state index in [2.05, 4.69) is 74.5 Å². The first-order valence-electron chi connectivity index (χ1n) is 10.9. The molecule has 1 aromatic heterocycles. The number of benzene rings is 3. The lowest BCUT2D eigenvalue weighted by Crippen LogP contribution is -2.48. The fourth-order valence-electron chi connectivity index (χ4n) is 4.30. The molecule has 0 spiro atoms. The number of fused-ring (bicyclic) bond motifs is 1. The van der Waals surface area contributed by atoms with Gasteiger partial charge in [0.05, 0.1) is 23.1 Å². The number of rotatable bonds is 5. The summed E-state index contributed by atoms with van der Waals surface area (Å²) in [5, 5.41) is 0. The van der Waals surface area contributed by atoms with E-state index in [0.717, 1.165) is 59.7 Å². The molecule has 1 fully saturated rings. The minimum Gasteiger partial charge on any atom is -0.336 e. The van der Waals surface area contributed by atoms with Gasteiger partial charge in [-0.1, -0.05) is 54.6 Å². The summed E-state index contributed by atoms with van der Waals surface area (Å²) in [4.78, 5) is 22.3. The third kappa shape index (κ3) is 4.42. The van der Waals surface area contributed by atoms with E-state index in [9.17, 15) is 4.79 Å². The zero-order valence-electron chi connectivity index (χ0n) is 17.8. The number of hydrogen-bond acceptors (Lipinski definition) is 3. The molecule has 1 aliphatic heterocycles. The maximum atomic E-state index is 12.9. The predicted molar refractivity (Wildman–Crippen MR) is 136 cm³/mol. The van der Waals surface area contributed by atoms with E-state index in [1.165, 1.54) is 11.1 Å². The van der Waals surface area contributed by atoms with E-state index in [4.69, 9.17) is 4.98 Å². The van der Waals surface area contributed by atoms with Gasteiger partial charge in [0, 0.05) is 36.3 Å². The summed E-state index contributed by atoms with van der Waals surface area (Å²) in [6.45, 7) is 4.77. The third-order valence-corrected chi connectivity index (χ3v) is 6.99. The highest BCUT2D eigenvalue weighted by molar-refractivity contribution is 14.1. The fraction of sp³-hybridized carbons (Fsp3) is 0.231. The molecule has 162 valence electrons. The maximum Gasteiger partial charge on any atom is 0.255 e. The molecule has 0 atom stereocenters. The number of piperazine rings is 1. The number of carbonyl (C=O) groups is 1. The number of para-hydroxylation sites is 2. The van der Waals surface area contributed by atoms with Crippen LogP contribution in [0.5, 0.6) is 0 Å². The first-order chi connectivity index (χ1) is 15.7. The van der Waals surface area contributed by atoms with Crippen LogP contribution >= 0.6 is 22.6 Å². The van der Waals surface area contributed by atoms with Crippen LogP contribution in [0.3, 0.4) is 0 Å². The molecule has 2 heterocycles. The van der Waals surface area contributed by atoms with Crippen LogP contribution in [0.1, 0.15) is 21.7 Å². The molecule has 1 aliphatic rings. The molecule has 0 unspecified atom stereocenters. The lowest BCUT2D eigenvalue weighted by Gasteiger charge is -2.34. The highest BCUT2D eigenvalue weighted by Gasteiger charge is 2.24. The summed E-state index contributed by atoms with van der Waals surface area (Å²) in [6.07, 6.45) is 0. The van der Waals surface area contributed by atoms with Crippen molar-refractivity contribution in [3.63, 3.8) is 0 Å². The Morgan fingerprint density at radius 1 is 0.812 bits per heavy atom. The van der Waals surface area contributed by atoms with Crippen molar-refractivity contribution in [2.45, 2.75) is 13.1 Å². The molecule has 0 aliphatic carbocycles. The number of hydrogen-bond donors (Lipinski definition) is 0. The molecule has 0 bridgehead atoms. The van der Waals surface area contributed by atoms with Gasteiger partial charge in [-0.2, -0.15) is 0 Å². The number of imidazole rings is 1. The molecule has 1 saturated heterocycles. The Morgan fingerprint density at radius 3 is 2.28 bits per heavy atom. The average Bonchev–Trinajstić information content (AvgIpc) is 3.17. The zero-order valence-corrected chi connectivity index (χ0v) is 20.0. The maximum absolute atomic E-state index is 12.9. The van der Waals surface area contributed by atoms with Gasteiger partial charge in [-0.3, -0.25) is 9.69 Å². The van der Waals surface area contributed by atoms with Crippen LogP contribution in [0.2, 0.25) is 0 Å². The van der Waals surface area contributed by atoms with Crippen molar-refractivity contribution in [3.05, 3.63) is 99.4 Å². The molecule has 6 heteroatoms. The van der Waals surface area contributed by atoms with Gasteiger partial charge in [0.15, 0.2) is 0 Å². The molecule has 1 amide bonds. The molecule has 5 nitrogen and oxygen atoms in total. The van der Waals surface area contributed by atoms with Crippen LogP contribution in [0.25, 0.3) is 11.0 Å². The fourth-order valence-corrected chi connectivity index (χ4v) is 4.92. The summed E-state index contributed by atoms with van der Waals surface area (Å²) >= 11 is 2.24. The van der Waals surface area contributed by atoms with Gasteiger partial charge in [0.25, 0.3) is 5.91 Å². The molecule has 3 aromatic carbocycles. The number of nitrogens with zero attached hydrogens (tertiary/aromatic N) is 4. The summed E-state index contributed by atoms with van der Waals surface area (Å²) in [5.74, 6) is 1.21. The summed E-state index contributed by atoms with van der Waals surface area (Å²) in [5.41, 5.74) is 4.26. The molecular formula is C26H25IN4O. The first-order valence-corrected chi connectivity index (χ1v) is 12.0. The van der Waals surface area contributed by atoms with Gasteiger partial charge < -0.3 is 9.47 Å². The highest BCUT2D eigenvalue weighted by atomic mass is 127. The van der Waals surface area contributed by atoms with Crippen molar-refractivity contribution in [3.8, 4) is 0 Å². The quantitative estimate of drug-likeness (QED) is 0.349. The number of carbonyl (C=O) groups excluding carboxylic acids is 1. The van der Waals surface area contributed by atoms with Gasteiger partial charge in [0.1, 0.15) is 5.82 Å². The highest BCUT2D eigenvalue weighted by Crippen LogP contribution is 2.21. The second-order valence-electron chi connectivity index (χ2n) is 8.14. The Bertz CT molecular complexity index is 1230. The van der Waals surface area contributed by atoms with Crippen molar-refractivity contribution in [1.82, 2.24) is 19.4 Å². The normalized spacial score (nSPS) is 14.7. The number of aromatic nitrogens is 2. The Labute approximate surface area is 201 Å². The monoisotopic (exact) mass is 536 g/mol. The summed E-state index contributed by atoms with van der Waals surface area (Å²) < 4.78 is 3.33. The van der Waals surface area contributed by atoms with Crippen molar-refractivity contribution < 1.29 is 4.79 Å². The third-order valence-electron chi connectivity index (χ3n) is 6.05. The zero-order chi connectivity index (χ0) is 21.9. The standard InChI is InChI=1S/C26H25IN4O/c27-22-11-5-4-10-21(22)26(32)30-16-14-29(15-17-30)19-25-28-23-12-6-7-13-24(23)31(25)18-20-8-2-1-3-9-20/h1-13H,14-19H2. The minimum atomic E-state index is 0.131.